The fraction of sp³-hybridized carbons (Fsp3) is 0.217. The Labute approximate surface area is 204 Å². The molecule has 2 amide bonds. The number of fused-ring (bicyclic) bond motifs is 1. The summed E-state index contributed by atoms with van der Waals surface area (Å²) in [5.74, 6) is 0.126. The second kappa shape index (κ2) is 9.13. The lowest BCUT2D eigenvalue weighted by atomic mass is 9.95. The minimum absolute atomic E-state index is 0.122. The van der Waals surface area contributed by atoms with Gasteiger partial charge in [-0.15, -0.1) is 11.3 Å². The zero-order valence-corrected chi connectivity index (χ0v) is 20.5. The molecule has 2 aromatic heterocycles. The quantitative estimate of drug-likeness (QED) is 0.366. The summed E-state index contributed by atoms with van der Waals surface area (Å²) in [6.07, 6.45) is 1.67. The van der Waals surface area contributed by atoms with Crippen molar-refractivity contribution in [3.05, 3.63) is 68.6 Å². The molecule has 170 valence electrons. The monoisotopic (exact) mass is 501 g/mol. The van der Waals surface area contributed by atoms with Crippen molar-refractivity contribution >= 4 is 62.9 Å². The van der Waals surface area contributed by atoms with Crippen LogP contribution in [0.2, 0.25) is 10.0 Å². The van der Waals surface area contributed by atoms with Gasteiger partial charge in [0, 0.05) is 22.7 Å². The first-order valence-electron chi connectivity index (χ1n) is 10.1. The second-order valence-corrected chi connectivity index (χ2v) is 9.93. The molecule has 0 saturated heterocycles. The van der Waals surface area contributed by atoms with Gasteiger partial charge >= 0.3 is 0 Å². The number of thiazole rings is 1. The third-order valence-electron chi connectivity index (χ3n) is 5.02. The molecule has 10 heteroatoms. The number of nitrogens with zero attached hydrogens (tertiary/aromatic N) is 3. The van der Waals surface area contributed by atoms with Gasteiger partial charge in [-0.05, 0) is 23.8 Å². The predicted octanol–water partition coefficient (Wildman–Crippen LogP) is 5.70. The van der Waals surface area contributed by atoms with Crippen molar-refractivity contribution in [2.24, 2.45) is 5.41 Å². The van der Waals surface area contributed by atoms with E-state index in [1.54, 1.807) is 34.6 Å². The Morgan fingerprint density at radius 3 is 2.64 bits per heavy atom. The lowest BCUT2D eigenvalue weighted by Gasteiger charge is -2.18. The van der Waals surface area contributed by atoms with Gasteiger partial charge in [0.25, 0.3) is 5.91 Å². The lowest BCUT2D eigenvalue weighted by Crippen LogP contribution is -2.34. The van der Waals surface area contributed by atoms with E-state index < -0.39 is 11.3 Å². The summed E-state index contributed by atoms with van der Waals surface area (Å²) in [5, 5.41) is 13.2. The molecule has 0 atom stereocenters. The molecule has 2 aromatic carbocycles. The van der Waals surface area contributed by atoms with Crippen LogP contribution in [0.15, 0.2) is 47.4 Å². The number of rotatable bonds is 5. The Bertz CT molecular complexity index is 1340. The summed E-state index contributed by atoms with van der Waals surface area (Å²) in [6, 6.07) is 8.80. The molecule has 4 rings (SSSR count). The molecule has 0 aliphatic heterocycles. The van der Waals surface area contributed by atoms with E-state index in [9.17, 15) is 9.59 Å². The van der Waals surface area contributed by atoms with E-state index in [1.807, 2.05) is 38.3 Å². The van der Waals surface area contributed by atoms with Crippen LogP contribution in [-0.2, 0) is 11.3 Å². The number of hydrogen-bond acceptors (Lipinski definition) is 5. The zero-order chi connectivity index (χ0) is 23.8. The Kier molecular flexibility index (Phi) is 6.43. The van der Waals surface area contributed by atoms with Gasteiger partial charge in [-0.1, -0.05) is 56.1 Å². The molecular formula is C23H21Cl2N5O2S. The average Bonchev–Trinajstić information content (AvgIpc) is 3.42. The Morgan fingerprint density at radius 2 is 1.94 bits per heavy atom. The van der Waals surface area contributed by atoms with E-state index in [0.29, 0.717) is 17.1 Å². The highest BCUT2D eigenvalue weighted by Gasteiger charge is 2.23. The molecule has 0 aliphatic rings. The Morgan fingerprint density at radius 1 is 1.15 bits per heavy atom. The van der Waals surface area contributed by atoms with Crippen LogP contribution in [0.25, 0.3) is 16.7 Å². The fourth-order valence-electron chi connectivity index (χ4n) is 3.22. The highest BCUT2D eigenvalue weighted by molar-refractivity contribution is 7.07. The smallest absolute Gasteiger partial charge is 0.258 e. The highest BCUT2D eigenvalue weighted by atomic mass is 35.5. The van der Waals surface area contributed by atoms with Gasteiger partial charge in [0.2, 0.25) is 5.91 Å². The normalized spacial score (nSPS) is 11.5. The van der Waals surface area contributed by atoms with Gasteiger partial charge in [0.1, 0.15) is 0 Å². The van der Waals surface area contributed by atoms with Crippen molar-refractivity contribution in [2.75, 3.05) is 5.32 Å². The Balaban J connectivity index is 1.61. The number of carbonyl (C=O) groups is 2. The van der Waals surface area contributed by atoms with Gasteiger partial charge in [-0.3, -0.25) is 9.59 Å². The van der Waals surface area contributed by atoms with Crippen LogP contribution in [0, 0.1) is 5.41 Å². The molecule has 0 bridgehead atoms. The molecule has 0 spiro atoms. The van der Waals surface area contributed by atoms with Crippen LogP contribution in [-0.4, -0.2) is 26.6 Å². The summed E-state index contributed by atoms with van der Waals surface area (Å²) >= 11 is 14.3. The summed E-state index contributed by atoms with van der Waals surface area (Å²) in [7, 11) is 0. The largest absolute Gasteiger partial charge is 0.352 e. The van der Waals surface area contributed by atoms with E-state index in [4.69, 9.17) is 23.2 Å². The number of halogens is 2. The van der Waals surface area contributed by atoms with Gasteiger partial charge in [0.05, 0.1) is 38.5 Å². The molecule has 2 heterocycles. The number of carbonyl (C=O) groups excluding carboxylic acids is 2. The van der Waals surface area contributed by atoms with Crippen LogP contribution in [0.4, 0.5) is 5.69 Å². The second-order valence-electron chi connectivity index (χ2n) is 8.42. The maximum Gasteiger partial charge on any atom is 0.258 e. The summed E-state index contributed by atoms with van der Waals surface area (Å²) in [4.78, 5) is 29.7. The predicted molar refractivity (Wildman–Crippen MR) is 132 cm³/mol. The van der Waals surface area contributed by atoms with Crippen LogP contribution in [0.3, 0.4) is 0 Å². The molecule has 7 nitrogen and oxygen atoms in total. The first kappa shape index (κ1) is 23.2. The summed E-state index contributed by atoms with van der Waals surface area (Å²) in [5.41, 5.74) is 3.30. The van der Waals surface area contributed by atoms with Crippen molar-refractivity contribution < 1.29 is 9.59 Å². The van der Waals surface area contributed by atoms with Crippen molar-refractivity contribution in [3.8, 4) is 5.82 Å². The van der Waals surface area contributed by atoms with Gasteiger partial charge < -0.3 is 10.6 Å². The van der Waals surface area contributed by atoms with E-state index >= 15 is 0 Å². The third kappa shape index (κ3) is 4.73. The molecule has 4 aromatic rings. The number of nitrogens with one attached hydrogen (secondary N) is 2. The molecule has 2 N–H and O–H groups in total. The fourth-order valence-corrected chi connectivity index (χ4v) is 4.34. The molecule has 0 radical (unpaired) electrons. The summed E-state index contributed by atoms with van der Waals surface area (Å²) < 4.78 is 1.71. The minimum Gasteiger partial charge on any atom is -0.352 e. The Hall–Kier alpha value is -2.94. The average molecular weight is 502 g/mol. The summed E-state index contributed by atoms with van der Waals surface area (Å²) in [6.45, 7) is 5.65. The van der Waals surface area contributed by atoms with E-state index in [-0.39, 0.29) is 28.1 Å². The number of aromatic nitrogens is 3. The topological polar surface area (TPSA) is 88.9 Å². The van der Waals surface area contributed by atoms with Crippen molar-refractivity contribution in [2.45, 2.75) is 27.3 Å². The SMILES string of the molecule is CC(C)(C)C(=O)NCc1ccc(Cl)c(C(=O)Nc2cccc3c2cnn3-c2cscn2)c1Cl. The maximum absolute atomic E-state index is 13.2. The van der Waals surface area contributed by atoms with Gasteiger partial charge in [0.15, 0.2) is 5.82 Å². The standard InChI is InChI=1S/C23H21Cl2N5O2S/c1-23(2,3)22(32)26-9-13-7-8-15(24)19(20(13)25)21(31)29-16-5-4-6-17-14(16)10-28-30(17)18-11-33-12-27-18/h4-8,10-12H,9H2,1-3H3,(H,26,32)(H,29,31). The first-order valence-corrected chi connectivity index (χ1v) is 11.8. The third-order valence-corrected chi connectivity index (χ3v) is 6.34. The molecule has 0 aliphatic carbocycles. The number of benzene rings is 2. The maximum atomic E-state index is 13.2. The lowest BCUT2D eigenvalue weighted by molar-refractivity contribution is -0.128. The molecule has 0 unspecified atom stereocenters. The van der Waals surface area contributed by atoms with Crippen molar-refractivity contribution in [1.29, 1.82) is 0 Å². The number of hydrogen-bond donors (Lipinski definition) is 2. The van der Waals surface area contributed by atoms with Crippen molar-refractivity contribution in [1.82, 2.24) is 20.1 Å². The van der Waals surface area contributed by atoms with Gasteiger partial charge in [-0.25, -0.2) is 9.67 Å². The van der Waals surface area contributed by atoms with Crippen LogP contribution >= 0.6 is 34.5 Å². The zero-order valence-electron chi connectivity index (χ0n) is 18.1. The van der Waals surface area contributed by atoms with Gasteiger partial charge in [-0.2, -0.15) is 5.10 Å². The molecule has 0 saturated carbocycles. The number of anilines is 1. The van der Waals surface area contributed by atoms with Crippen LogP contribution < -0.4 is 10.6 Å². The molecule has 33 heavy (non-hydrogen) atoms. The number of amides is 2. The van der Waals surface area contributed by atoms with E-state index in [2.05, 4.69) is 20.7 Å². The van der Waals surface area contributed by atoms with Crippen molar-refractivity contribution in [3.63, 3.8) is 0 Å². The molecule has 0 fully saturated rings. The molecular weight excluding hydrogens is 481 g/mol. The minimum atomic E-state index is -0.541. The first-order chi connectivity index (χ1) is 15.7. The van der Waals surface area contributed by atoms with Crippen LogP contribution in [0.1, 0.15) is 36.7 Å². The van der Waals surface area contributed by atoms with Crippen LogP contribution in [0.5, 0.6) is 0 Å². The highest BCUT2D eigenvalue weighted by Crippen LogP contribution is 2.31. The van der Waals surface area contributed by atoms with E-state index in [1.165, 1.54) is 11.3 Å². The van der Waals surface area contributed by atoms with E-state index in [0.717, 1.165) is 10.9 Å².